The third kappa shape index (κ3) is 4.45. The number of aryl methyl sites for hydroxylation is 1. The van der Waals surface area contributed by atoms with Gasteiger partial charge in [0.15, 0.2) is 15.7 Å². The summed E-state index contributed by atoms with van der Waals surface area (Å²) in [4.78, 5) is 11.1. The highest BCUT2D eigenvalue weighted by Gasteiger charge is 2.10. The van der Waals surface area contributed by atoms with Crippen LogP contribution in [-0.4, -0.2) is 31.0 Å². The number of benzene rings is 2. The number of carbonyl (C=O) groups excluding carboxylic acids is 1. The van der Waals surface area contributed by atoms with Gasteiger partial charge in [-0.2, -0.15) is 5.10 Å². The number of primary amides is 1. The van der Waals surface area contributed by atoms with Crippen LogP contribution in [0.3, 0.4) is 0 Å². The SMILES string of the molecule is Cc1cc(OC(N)=O)ccc1Nc1cc(-c2ccc(S(C)(=O)=O)cc2)[nH]n1. The quantitative estimate of drug-likeness (QED) is 0.618. The first-order valence-corrected chi connectivity index (χ1v) is 9.82. The third-order valence-corrected chi connectivity index (χ3v) is 4.98. The number of nitrogens with zero attached hydrogens (tertiary/aromatic N) is 1. The van der Waals surface area contributed by atoms with Crippen molar-refractivity contribution in [2.45, 2.75) is 11.8 Å². The number of ether oxygens (including phenoxy) is 1. The van der Waals surface area contributed by atoms with E-state index in [-0.39, 0.29) is 4.90 Å². The molecule has 0 bridgehead atoms. The molecule has 0 atom stereocenters. The Hall–Kier alpha value is -3.33. The van der Waals surface area contributed by atoms with E-state index in [0.29, 0.717) is 11.6 Å². The number of nitrogens with two attached hydrogens (primary N) is 1. The van der Waals surface area contributed by atoms with E-state index in [2.05, 4.69) is 15.5 Å². The molecule has 2 aromatic carbocycles. The highest BCUT2D eigenvalue weighted by molar-refractivity contribution is 7.90. The molecule has 140 valence electrons. The van der Waals surface area contributed by atoms with Gasteiger partial charge in [-0.15, -0.1) is 0 Å². The zero-order chi connectivity index (χ0) is 19.6. The van der Waals surface area contributed by atoms with Gasteiger partial charge in [-0.25, -0.2) is 13.2 Å². The summed E-state index contributed by atoms with van der Waals surface area (Å²) >= 11 is 0. The van der Waals surface area contributed by atoms with Crippen molar-refractivity contribution < 1.29 is 17.9 Å². The summed E-state index contributed by atoms with van der Waals surface area (Å²) in [6.45, 7) is 1.85. The van der Waals surface area contributed by atoms with Crippen molar-refractivity contribution in [2.24, 2.45) is 5.73 Å². The minimum atomic E-state index is -3.23. The van der Waals surface area contributed by atoms with Crippen LogP contribution in [0.2, 0.25) is 0 Å². The van der Waals surface area contributed by atoms with Crippen LogP contribution < -0.4 is 15.8 Å². The normalized spacial score (nSPS) is 11.2. The maximum Gasteiger partial charge on any atom is 0.409 e. The van der Waals surface area contributed by atoms with Crippen molar-refractivity contribution in [3.05, 3.63) is 54.1 Å². The van der Waals surface area contributed by atoms with Crippen LogP contribution in [0.1, 0.15) is 5.56 Å². The number of hydrogen-bond acceptors (Lipinski definition) is 6. The molecule has 3 rings (SSSR count). The number of nitrogens with one attached hydrogen (secondary N) is 2. The molecule has 4 N–H and O–H groups in total. The predicted octanol–water partition coefficient (Wildman–Crippen LogP) is 2.99. The summed E-state index contributed by atoms with van der Waals surface area (Å²) in [5, 5.41) is 10.3. The summed E-state index contributed by atoms with van der Waals surface area (Å²) in [5.74, 6) is 0.947. The van der Waals surface area contributed by atoms with Gasteiger partial charge in [0.05, 0.1) is 10.6 Å². The largest absolute Gasteiger partial charge is 0.410 e. The van der Waals surface area contributed by atoms with Gasteiger partial charge < -0.3 is 15.8 Å². The minimum absolute atomic E-state index is 0.262. The van der Waals surface area contributed by atoms with Crippen LogP contribution in [0.4, 0.5) is 16.3 Å². The average molecular weight is 386 g/mol. The van der Waals surface area contributed by atoms with Crippen LogP contribution in [-0.2, 0) is 9.84 Å². The second-order valence-electron chi connectivity index (χ2n) is 5.99. The van der Waals surface area contributed by atoms with Gasteiger partial charge in [-0.05, 0) is 48.4 Å². The van der Waals surface area contributed by atoms with Gasteiger partial charge in [0.1, 0.15) is 5.75 Å². The van der Waals surface area contributed by atoms with Gasteiger partial charge >= 0.3 is 6.09 Å². The Kier molecular flexibility index (Phi) is 4.87. The number of amides is 1. The van der Waals surface area contributed by atoms with Gasteiger partial charge in [0, 0.05) is 18.0 Å². The molecule has 0 aliphatic carbocycles. The zero-order valence-corrected chi connectivity index (χ0v) is 15.5. The summed E-state index contributed by atoms with van der Waals surface area (Å²) in [7, 11) is -3.23. The molecule has 27 heavy (non-hydrogen) atoms. The lowest BCUT2D eigenvalue weighted by molar-refractivity contribution is 0.211. The summed E-state index contributed by atoms with van der Waals surface area (Å²) in [6, 6.07) is 13.4. The van der Waals surface area contributed by atoms with Crippen LogP contribution in [0.25, 0.3) is 11.3 Å². The van der Waals surface area contributed by atoms with Crippen LogP contribution >= 0.6 is 0 Å². The topological polar surface area (TPSA) is 127 Å². The highest BCUT2D eigenvalue weighted by Crippen LogP contribution is 2.26. The van der Waals surface area contributed by atoms with E-state index in [1.165, 1.54) is 6.26 Å². The molecule has 0 aliphatic rings. The average Bonchev–Trinajstić information content (AvgIpc) is 3.05. The van der Waals surface area contributed by atoms with E-state index in [1.54, 1.807) is 42.5 Å². The Morgan fingerprint density at radius 3 is 2.44 bits per heavy atom. The monoisotopic (exact) mass is 386 g/mol. The smallest absolute Gasteiger partial charge is 0.409 e. The first-order valence-electron chi connectivity index (χ1n) is 7.93. The molecule has 3 aromatic rings. The maximum atomic E-state index is 11.5. The molecule has 8 nitrogen and oxygen atoms in total. The number of hydrogen-bond donors (Lipinski definition) is 3. The lowest BCUT2D eigenvalue weighted by Gasteiger charge is -2.08. The third-order valence-electron chi connectivity index (χ3n) is 3.85. The number of sulfone groups is 1. The van der Waals surface area contributed by atoms with Gasteiger partial charge in [-0.1, -0.05) is 12.1 Å². The van der Waals surface area contributed by atoms with Crippen molar-refractivity contribution in [1.29, 1.82) is 0 Å². The number of carbonyl (C=O) groups is 1. The van der Waals surface area contributed by atoms with Gasteiger partial charge in [0.25, 0.3) is 0 Å². The molecule has 1 amide bonds. The highest BCUT2D eigenvalue weighted by atomic mass is 32.2. The molecular weight excluding hydrogens is 368 g/mol. The molecule has 1 heterocycles. The van der Waals surface area contributed by atoms with E-state index >= 15 is 0 Å². The van der Waals surface area contributed by atoms with E-state index < -0.39 is 15.9 Å². The number of rotatable bonds is 5. The number of aromatic amines is 1. The molecule has 0 aliphatic heterocycles. The molecule has 0 unspecified atom stereocenters. The second kappa shape index (κ2) is 7.12. The second-order valence-corrected chi connectivity index (χ2v) is 8.00. The summed E-state index contributed by atoms with van der Waals surface area (Å²) in [6.07, 6.45) is 0.302. The molecule has 0 fully saturated rings. The van der Waals surface area contributed by atoms with E-state index in [1.807, 2.05) is 13.0 Å². The molecule has 0 spiro atoms. The van der Waals surface area contributed by atoms with Gasteiger partial charge in [0.2, 0.25) is 0 Å². The van der Waals surface area contributed by atoms with Crippen molar-refractivity contribution >= 4 is 27.4 Å². The molecular formula is C18H18N4O4S. The minimum Gasteiger partial charge on any atom is -0.410 e. The molecule has 9 heteroatoms. The molecule has 0 radical (unpaired) electrons. The fraction of sp³-hybridized carbons (Fsp3) is 0.111. The molecule has 1 aromatic heterocycles. The Balaban J connectivity index is 1.77. The maximum absolute atomic E-state index is 11.5. The fourth-order valence-electron chi connectivity index (χ4n) is 2.51. The Bertz CT molecular complexity index is 1090. The van der Waals surface area contributed by atoms with E-state index in [4.69, 9.17) is 10.5 Å². The van der Waals surface area contributed by atoms with Crippen molar-refractivity contribution in [1.82, 2.24) is 10.2 Å². The summed E-state index contributed by atoms with van der Waals surface area (Å²) < 4.78 is 27.9. The van der Waals surface area contributed by atoms with Gasteiger partial charge in [-0.3, -0.25) is 5.10 Å². The Morgan fingerprint density at radius 2 is 1.85 bits per heavy atom. The lowest BCUT2D eigenvalue weighted by atomic mass is 10.1. The Labute approximate surface area is 156 Å². The first kappa shape index (κ1) is 18.5. The lowest BCUT2D eigenvalue weighted by Crippen LogP contribution is -2.16. The number of anilines is 2. The van der Waals surface area contributed by atoms with Crippen molar-refractivity contribution in [2.75, 3.05) is 11.6 Å². The van der Waals surface area contributed by atoms with Crippen LogP contribution in [0.5, 0.6) is 5.75 Å². The van der Waals surface area contributed by atoms with Crippen molar-refractivity contribution in [3.63, 3.8) is 0 Å². The fourth-order valence-corrected chi connectivity index (χ4v) is 3.14. The standard InChI is InChI=1S/C18H18N4O4S/c1-11-9-13(26-18(19)23)5-8-15(11)20-17-10-16(21-22-17)12-3-6-14(7-4-12)27(2,24)25/h3-10H,1-2H3,(H2,19,23)(H2,20,21,22). The summed E-state index contributed by atoms with van der Waals surface area (Å²) in [5.41, 5.74) is 8.19. The molecule has 0 saturated heterocycles. The van der Waals surface area contributed by atoms with E-state index in [9.17, 15) is 13.2 Å². The van der Waals surface area contributed by atoms with Crippen LogP contribution in [0, 0.1) is 6.92 Å². The van der Waals surface area contributed by atoms with E-state index in [0.717, 1.165) is 22.5 Å². The number of aromatic nitrogens is 2. The predicted molar refractivity (Wildman–Crippen MR) is 102 cm³/mol. The molecule has 0 saturated carbocycles. The first-order chi connectivity index (χ1) is 12.7. The zero-order valence-electron chi connectivity index (χ0n) is 14.7. The number of H-pyrrole nitrogens is 1. The van der Waals surface area contributed by atoms with Crippen LogP contribution in [0.15, 0.2) is 53.4 Å². The Morgan fingerprint density at radius 1 is 1.15 bits per heavy atom. The van der Waals surface area contributed by atoms with Crippen molar-refractivity contribution in [3.8, 4) is 17.0 Å².